The monoisotopic (exact) mass is 185 g/mol. The summed E-state index contributed by atoms with van der Waals surface area (Å²) < 4.78 is 0. The Labute approximate surface area is 79.5 Å². The highest BCUT2D eigenvalue weighted by Gasteiger charge is 2.18. The number of nitrogens with one attached hydrogen (secondary N) is 1. The summed E-state index contributed by atoms with van der Waals surface area (Å²) in [5.41, 5.74) is 0. The van der Waals surface area contributed by atoms with Gasteiger partial charge in [0.1, 0.15) is 0 Å². The third-order valence-electron chi connectivity index (χ3n) is 2.54. The molecule has 1 saturated carbocycles. The molecule has 0 aliphatic heterocycles. The van der Waals surface area contributed by atoms with Crippen molar-refractivity contribution in [1.29, 1.82) is 0 Å². The summed E-state index contributed by atoms with van der Waals surface area (Å²) >= 11 is 0. The van der Waals surface area contributed by atoms with Gasteiger partial charge in [0.05, 0.1) is 6.10 Å². The Morgan fingerprint density at radius 3 is 2.69 bits per heavy atom. The summed E-state index contributed by atoms with van der Waals surface area (Å²) in [5.74, 6) is 0.682. The van der Waals surface area contributed by atoms with E-state index < -0.39 is 6.10 Å². The molecule has 1 aliphatic carbocycles. The summed E-state index contributed by atoms with van der Waals surface area (Å²) in [6.45, 7) is 2.06. The van der Waals surface area contributed by atoms with Crippen LogP contribution in [0.2, 0.25) is 0 Å². The highest BCUT2D eigenvalue weighted by molar-refractivity contribution is 5.76. The van der Waals surface area contributed by atoms with E-state index in [9.17, 15) is 4.79 Å². The second-order valence-electron chi connectivity index (χ2n) is 4.01. The average molecular weight is 185 g/mol. The normalized spacial score (nSPS) is 20.2. The molecule has 1 atom stereocenters. The van der Waals surface area contributed by atoms with Gasteiger partial charge in [-0.3, -0.25) is 4.79 Å². The van der Waals surface area contributed by atoms with Crippen LogP contribution in [0.5, 0.6) is 0 Å². The topological polar surface area (TPSA) is 49.3 Å². The molecule has 1 amide bonds. The fraction of sp³-hybridized carbons (Fsp3) is 0.900. The van der Waals surface area contributed by atoms with Gasteiger partial charge in [-0.05, 0) is 25.7 Å². The van der Waals surface area contributed by atoms with Crippen LogP contribution in [0.3, 0.4) is 0 Å². The minimum Gasteiger partial charge on any atom is -0.392 e. The van der Waals surface area contributed by atoms with E-state index in [1.165, 1.54) is 25.7 Å². The second kappa shape index (κ2) is 5.22. The molecule has 0 aromatic heterocycles. The molecule has 2 N–H and O–H groups in total. The minimum atomic E-state index is -0.437. The number of aliphatic hydroxyl groups is 1. The number of carbonyl (C=O) groups excluding carboxylic acids is 1. The molecule has 0 aromatic carbocycles. The van der Waals surface area contributed by atoms with Crippen molar-refractivity contribution in [2.24, 2.45) is 5.92 Å². The minimum absolute atomic E-state index is 0.0906. The van der Waals surface area contributed by atoms with Gasteiger partial charge in [-0.2, -0.15) is 0 Å². The first-order valence-corrected chi connectivity index (χ1v) is 5.13. The first-order chi connectivity index (χ1) is 6.18. The van der Waals surface area contributed by atoms with Crippen LogP contribution in [0.4, 0.5) is 0 Å². The zero-order chi connectivity index (χ0) is 9.68. The molecule has 0 bridgehead atoms. The highest BCUT2D eigenvalue weighted by Crippen LogP contribution is 2.27. The van der Waals surface area contributed by atoms with E-state index in [1.54, 1.807) is 6.92 Å². The largest absolute Gasteiger partial charge is 0.392 e. The molecule has 0 saturated heterocycles. The Balaban J connectivity index is 2.09. The lowest BCUT2D eigenvalue weighted by atomic mass is 10.0. The lowest BCUT2D eigenvalue weighted by Crippen LogP contribution is -2.31. The number of aliphatic hydroxyl groups excluding tert-OH is 1. The molecule has 0 heterocycles. The summed E-state index contributed by atoms with van der Waals surface area (Å²) in [4.78, 5) is 11.3. The van der Waals surface area contributed by atoms with Crippen molar-refractivity contribution in [2.75, 3.05) is 6.54 Å². The average Bonchev–Trinajstić information content (AvgIpc) is 2.53. The molecular weight excluding hydrogens is 166 g/mol. The van der Waals surface area contributed by atoms with E-state index in [4.69, 9.17) is 5.11 Å². The highest BCUT2D eigenvalue weighted by atomic mass is 16.3. The standard InChI is InChI=1S/C10H19NO2/c1-8(12)7-11-10(13)6-9-4-2-3-5-9/h8-9,12H,2-7H2,1H3,(H,11,13)/t8-/m1/s1. The molecule has 3 nitrogen and oxygen atoms in total. The SMILES string of the molecule is C[C@@H](O)CNC(=O)CC1CCCC1. The van der Waals surface area contributed by atoms with Gasteiger partial charge >= 0.3 is 0 Å². The Kier molecular flexibility index (Phi) is 4.22. The van der Waals surface area contributed by atoms with Crippen LogP contribution in [0, 0.1) is 5.92 Å². The van der Waals surface area contributed by atoms with Crippen LogP contribution in [-0.4, -0.2) is 23.7 Å². The molecule has 0 aromatic rings. The third-order valence-corrected chi connectivity index (χ3v) is 2.54. The first kappa shape index (κ1) is 10.5. The van der Waals surface area contributed by atoms with Gasteiger partial charge in [-0.25, -0.2) is 0 Å². The maximum Gasteiger partial charge on any atom is 0.220 e. The summed E-state index contributed by atoms with van der Waals surface area (Å²) in [7, 11) is 0. The molecule has 1 aliphatic rings. The molecule has 0 spiro atoms. The Morgan fingerprint density at radius 1 is 1.54 bits per heavy atom. The van der Waals surface area contributed by atoms with Gasteiger partial charge in [-0.15, -0.1) is 0 Å². The van der Waals surface area contributed by atoms with Crippen molar-refractivity contribution in [1.82, 2.24) is 5.32 Å². The Hall–Kier alpha value is -0.570. The van der Waals surface area contributed by atoms with E-state index >= 15 is 0 Å². The second-order valence-corrected chi connectivity index (χ2v) is 4.01. The molecule has 0 unspecified atom stereocenters. The lowest BCUT2D eigenvalue weighted by Gasteiger charge is -2.10. The van der Waals surface area contributed by atoms with Gasteiger partial charge in [0.2, 0.25) is 5.91 Å². The lowest BCUT2D eigenvalue weighted by molar-refractivity contribution is -0.122. The number of hydrogen-bond donors (Lipinski definition) is 2. The van der Waals surface area contributed by atoms with E-state index in [2.05, 4.69) is 5.32 Å². The van der Waals surface area contributed by atoms with E-state index in [-0.39, 0.29) is 5.91 Å². The van der Waals surface area contributed by atoms with Crippen LogP contribution in [0.15, 0.2) is 0 Å². The van der Waals surface area contributed by atoms with Gasteiger partial charge in [0.15, 0.2) is 0 Å². The van der Waals surface area contributed by atoms with Crippen molar-refractivity contribution < 1.29 is 9.90 Å². The Bertz CT molecular complexity index is 162. The molecule has 13 heavy (non-hydrogen) atoms. The van der Waals surface area contributed by atoms with Gasteiger partial charge in [-0.1, -0.05) is 12.8 Å². The fourth-order valence-electron chi connectivity index (χ4n) is 1.81. The van der Waals surface area contributed by atoms with Crippen LogP contribution >= 0.6 is 0 Å². The molecule has 1 fully saturated rings. The van der Waals surface area contributed by atoms with Crippen molar-refractivity contribution in [2.45, 2.75) is 45.1 Å². The van der Waals surface area contributed by atoms with Gasteiger partial charge < -0.3 is 10.4 Å². The third kappa shape index (κ3) is 4.27. The maximum absolute atomic E-state index is 11.3. The van der Waals surface area contributed by atoms with E-state index in [0.717, 1.165) is 0 Å². The van der Waals surface area contributed by atoms with E-state index in [0.29, 0.717) is 18.9 Å². The fourth-order valence-corrected chi connectivity index (χ4v) is 1.81. The smallest absolute Gasteiger partial charge is 0.220 e. The van der Waals surface area contributed by atoms with Crippen molar-refractivity contribution >= 4 is 5.91 Å². The number of hydrogen-bond acceptors (Lipinski definition) is 2. The molecule has 1 rings (SSSR count). The predicted molar refractivity (Wildman–Crippen MR) is 51.3 cm³/mol. The summed E-state index contributed by atoms with van der Waals surface area (Å²) in [6.07, 6.45) is 5.15. The Morgan fingerprint density at radius 2 is 2.15 bits per heavy atom. The molecule has 76 valence electrons. The first-order valence-electron chi connectivity index (χ1n) is 5.13. The number of carbonyl (C=O) groups is 1. The van der Waals surface area contributed by atoms with Crippen molar-refractivity contribution in [3.63, 3.8) is 0 Å². The van der Waals surface area contributed by atoms with Crippen molar-refractivity contribution in [3.05, 3.63) is 0 Å². The summed E-state index contributed by atoms with van der Waals surface area (Å²) in [5, 5.41) is 11.7. The van der Waals surface area contributed by atoms with Crippen LogP contribution < -0.4 is 5.32 Å². The zero-order valence-electron chi connectivity index (χ0n) is 8.25. The molecule has 0 radical (unpaired) electrons. The van der Waals surface area contributed by atoms with Gasteiger partial charge in [0.25, 0.3) is 0 Å². The van der Waals surface area contributed by atoms with Crippen LogP contribution in [0.25, 0.3) is 0 Å². The number of rotatable bonds is 4. The van der Waals surface area contributed by atoms with Gasteiger partial charge in [0, 0.05) is 13.0 Å². The zero-order valence-corrected chi connectivity index (χ0v) is 8.25. The predicted octanol–water partition coefficient (Wildman–Crippen LogP) is 1.06. The molecular formula is C10H19NO2. The number of amides is 1. The van der Waals surface area contributed by atoms with Crippen LogP contribution in [0.1, 0.15) is 39.0 Å². The maximum atomic E-state index is 11.3. The quantitative estimate of drug-likeness (QED) is 0.688. The van der Waals surface area contributed by atoms with Crippen molar-refractivity contribution in [3.8, 4) is 0 Å². The van der Waals surface area contributed by atoms with Crippen LogP contribution in [-0.2, 0) is 4.79 Å². The summed E-state index contributed by atoms with van der Waals surface area (Å²) in [6, 6.07) is 0. The van der Waals surface area contributed by atoms with E-state index in [1.807, 2.05) is 0 Å². The molecule has 3 heteroatoms.